The largest absolute Gasteiger partial charge is 0.493 e. The minimum atomic E-state index is -4.62. The molecule has 0 N–H and O–H groups in total. The van der Waals surface area contributed by atoms with Gasteiger partial charge >= 0.3 is 6.18 Å². The Labute approximate surface area is 175 Å². The van der Waals surface area contributed by atoms with E-state index < -0.39 is 26.7 Å². The van der Waals surface area contributed by atoms with Gasteiger partial charge in [-0.3, -0.25) is 4.31 Å². The molecule has 1 aliphatic rings. The first-order valence-corrected chi connectivity index (χ1v) is 11.6. The number of ether oxygens (including phenoxy) is 1. The maximum absolute atomic E-state index is 13.1. The summed E-state index contributed by atoms with van der Waals surface area (Å²) >= 11 is 0. The molecular formula is C22H26F3NO3S. The normalized spacial score (nSPS) is 15.7. The van der Waals surface area contributed by atoms with Gasteiger partial charge in [-0.1, -0.05) is 31.4 Å². The van der Waals surface area contributed by atoms with Crippen LogP contribution in [0, 0.1) is 5.92 Å². The molecule has 0 amide bonds. The van der Waals surface area contributed by atoms with Crippen LogP contribution in [-0.2, 0) is 16.2 Å². The van der Waals surface area contributed by atoms with Gasteiger partial charge in [0.15, 0.2) is 0 Å². The zero-order chi connectivity index (χ0) is 21.8. The Morgan fingerprint density at radius 1 is 1.03 bits per heavy atom. The van der Waals surface area contributed by atoms with Gasteiger partial charge in [0.05, 0.1) is 22.8 Å². The van der Waals surface area contributed by atoms with Crippen LogP contribution in [0.2, 0.25) is 0 Å². The predicted molar refractivity (Wildman–Crippen MR) is 110 cm³/mol. The van der Waals surface area contributed by atoms with E-state index in [0.29, 0.717) is 30.0 Å². The lowest BCUT2D eigenvalue weighted by Crippen LogP contribution is -2.31. The van der Waals surface area contributed by atoms with Crippen LogP contribution < -0.4 is 9.04 Å². The van der Waals surface area contributed by atoms with Gasteiger partial charge in [-0.05, 0) is 56.0 Å². The third kappa shape index (κ3) is 5.28. The van der Waals surface area contributed by atoms with Crippen LogP contribution >= 0.6 is 0 Å². The molecule has 30 heavy (non-hydrogen) atoms. The maximum Gasteiger partial charge on any atom is 0.416 e. The van der Waals surface area contributed by atoms with Crippen LogP contribution in [0.1, 0.15) is 44.6 Å². The molecule has 8 heteroatoms. The predicted octanol–water partition coefficient (Wildman–Crippen LogP) is 5.88. The third-order valence-corrected chi connectivity index (χ3v) is 7.25. The summed E-state index contributed by atoms with van der Waals surface area (Å²) in [5.74, 6) is 1.05. The van der Waals surface area contributed by atoms with E-state index in [0.717, 1.165) is 29.3 Å². The molecule has 1 fully saturated rings. The SMILES string of the molecule is CCN(c1cccc(OCC2CCCCC2)c1)S(=O)(=O)c1cccc(C(F)(F)F)c1. The van der Waals surface area contributed by atoms with E-state index in [-0.39, 0.29) is 6.54 Å². The van der Waals surface area contributed by atoms with Crippen molar-refractivity contribution in [1.82, 2.24) is 0 Å². The highest BCUT2D eigenvalue weighted by Crippen LogP contribution is 2.33. The van der Waals surface area contributed by atoms with Crippen LogP contribution in [-0.4, -0.2) is 21.6 Å². The highest BCUT2D eigenvalue weighted by atomic mass is 32.2. The van der Waals surface area contributed by atoms with Crippen molar-refractivity contribution in [2.24, 2.45) is 5.92 Å². The van der Waals surface area contributed by atoms with Gasteiger partial charge < -0.3 is 4.74 Å². The van der Waals surface area contributed by atoms with Gasteiger partial charge in [0.1, 0.15) is 5.75 Å². The molecule has 0 aliphatic heterocycles. The molecular weight excluding hydrogens is 415 g/mol. The lowest BCUT2D eigenvalue weighted by molar-refractivity contribution is -0.137. The minimum absolute atomic E-state index is 0.0741. The quantitative estimate of drug-likeness (QED) is 0.539. The van der Waals surface area contributed by atoms with Crippen molar-refractivity contribution in [3.8, 4) is 5.75 Å². The molecule has 0 saturated heterocycles. The third-order valence-electron chi connectivity index (χ3n) is 5.35. The molecule has 0 aromatic heterocycles. The first kappa shape index (κ1) is 22.5. The van der Waals surface area contributed by atoms with E-state index in [9.17, 15) is 21.6 Å². The Morgan fingerprint density at radius 3 is 2.40 bits per heavy atom. The summed E-state index contributed by atoms with van der Waals surface area (Å²) in [6.45, 7) is 2.29. The second-order valence-electron chi connectivity index (χ2n) is 7.51. The van der Waals surface area contributed by atoms with E-state index in [1.165, 1.54) is 25.3 Å². The van der Waals surface area contributed by atoms with Gasteiger partial charge in [-0.15, -0.1) is 0 Å². The first-order valence-electron chi connectivity index (χ1n) is 10.1. The van der Waals surface area contributed by atoms with Crippen LogP contribution in [0.25, 0.3) is 0 Å². The number of halogens is 3. The molecule has 4 nitrogen and oxygen atoms in total. The maximum atomic E-state index is 13.1. The van der Waals surface area contributed by atoms with E-state index in [1.54, 1.807) is 31.2 Å². The van der Waals surface area contributed by atoms with Gasteiger partial charge in [0.2, 0.25) is 0 Å². The number of benzene rings is 2. The molecule has 0 bridgehead atoms. The van der Waals surface area contributed by atoms with Crippen molar-refractivity contribution < 1.29 is 26.3 Å². The molecule has 0 spiro atoms. The summed E-state index contributed by atoms with van der Waals surface area (Å²) in [6.07, 6.45) is 1.30. The Kier molecular flexibility index (Phi) is 6.95. The summed E-state index contributed by atoms with van der Waals surface area (Å²) in [7, 11) is -4.16. The molecule has 3 rings (SSSR count). The zero-order valence-corrected chi connectivity index (χ0v) is 17.7. The van der Waals surface area contributed by atoms with Gasteiger partial charge in [0, 0.05) is 12.6 Å². The van der Waals surface area contributed by atoms with Crippen molar-refractivity contribution in [2.75, 3.05) is 17.5 Å². The number of alkyl halides is 3. The second kappa shape index (κ2) is 9.29. The first-order chi connectivity index (χ1) is 14.2. The summed E-state index contributed by atoms with van der Waals surface area (Å²) in [4.78, 5) is -0.396. The van der Waals surface area contributed by atoms with E-state index in [2.05, 4.69) is 0 Å². The number of hydrogen-bond acceptors (Lipinski definition) is 3. The van der Waals surface area contributed by atoms with E-state index in [1.807, 2.05) is 0 Å². The highest BCUT2D eigenvalue weighted by molar-refractivity contribution is 7.92. The average molecular weight is 442 g/mol. The summed E-state index contributed by atoms with van der Waals surface area (Å²) in [5.41, 5.74) is -0.639. The van der Waals surface area contributed by atoms with Gasteiger partial charge in [-0.25, -0.2) is 8.42 Å². The summed E-state index contributed by atoms with van der Waals surface area (Å²) < 4.78 is 72.2. The lowest BCUT2D eigenvalue weighted by atomic mass is 9.90. The highest BCUT2D eigenvalue weighted by Gasteiger charge is 2.33. The smallest absolute Gasteiger partial charge is 0.416 e. The Balaban J connectivity index is 1.82. The van der Waals surface area contributed by atoms with Gasteiger partial charge in [0.25, 0.3) is 10.0 Å². The number of anilines is 1. The van der Waals surface area contributed by atoms with Crippen molar-refractivity contribution in [1.29, 1.82) is 0 Å². The number of sulfonamides is 1. The number of rotatable bonds is 7. The minimum Gasteiger partial charge on any atom is -0.493 e. The van der Waals surface area contributed by atoms with E-state index in [4.69, 9.17) is 4.74 Å². The Hall–Kier alpha value is -2.22. The topological polar surface area (TPSA) is 46.6 Å². The molecule has 0 heterocycles. The molecule has 0 radical (unpaired) electrons. The fourth-order valence-corrected chi connectivity index (χ4v) is 5.26. The fraction of sp³-hybridized carbons (Fsp3) is 0.455. The second-order valence-corrected chi connectivity index (χ2v) is 9.37. The molecule has 1 saturated carbocycles. The van der Waals surface area contributed by atoms with Crippen LogP contribution in [0.3, 0.4) is 0 Å². The van der Waals surface area contributed by atoms with Crippen molar-refractivity contribution in [3.05, 3.63) is 54.1 Å². The van der Waals surface area contributed by atoms with Gasteiger partial charge in [-0.2, -0.15) is 13.2 Å². The average Bonchev–Trinajstić information content (AvgIpc) is 2.73. The summed E-state index contributed by atoms with van der Waals surface area (Å²) in [6, 6.07) is 10.5. The number of nitrogens with zero attached hydrogens (tertiary/aromatic N) is 1. The summed E-state index contributed by atoms with van der Waals surface area (Å²) in [5, 5.41) is 0. The van der Waals surface area contributed by atoms with Crippen LogP contribution in [0.4, 0.5) is 18.9 Å². The Morgan fingerprint density at radius 2 is 1.73 bits per heavy atom. The van der Waals surface area contributed by atoms with Crippen LogP contribution in [0.15, 0.2) is 53.4 Å². The fourth-order valence-electron chi connectivity index (χ4n) is 3.75. The molecule has 1 aliphatic carbocycles. The standard InChI is InChI=1S/C22H26F3NO3S/c1-2-26(30(27,28)21-13-6-10-18(14-21)22(23,24)25)19-11-7-12-20(15-19)29-16-17-8-4-3-5-9-17/h6-7,10-15,17H,2-5,8-9,16H2,1H3. The zero-order valence-electron chi connectivity index (χ0n) is 16.9. The molecule has 0 unspecified atom stereocenters. The van der Waals surface area contributed by atoms with Crippen molar-refractivity contribution in [2.45, 2.75) is 50.1 Å². The lowest BCUT2D eigenvalue weighted by Gasteiger charge is -2.25. The molecule has 164 valence electrons. The number of hydrogen-bond donors (Lipinski definition) is 0. The molecule has 2 aromatic carbocycles. The Bertz CT molecular complexity index is 954. The van der Waals surface area contributed by atoms with E-state index >= 15 is 0 Å². The molecule has 0 atom stereocenters. The monoisotopic (exact) mass is 441 g/mol. The van der Waals surface area contributed by atoms with Crippen LogP contribution in [0.5, 0.6) is 5.75 Å². The van der Waals surface area contributed by atoms with Crippen molar-refractivity contribution >= 4 is 15.7 Å². The van der Waals surface area contributed by atoms with Crippen molar-refractivity contribution in [3.63, 3.8) is 0 Å². The molecule has 2 aromatic rings.